The summed E-state index contributed by atoms with van der Waals surface area (Å²) in [5, 5.41) is 11.8. The van der Waals surface area contributed by atoms with Gasteiger partial charge in [-0.1, -0.05) is 0 Å². The van der Waals surface area contributed by atoms with Gasteiger partial charge < -0.3 is 14.4 Å². The minimum Gasteiger partial charge on any atom is -0.361 e. The number of benzene rings is 1. The van der Waals surface area contributed by atoms with Gasteiger partial charge in [-0.3, -0.25) is 10.1 Å². The Morgan fingerprint density at radius 3 is 2.63 bits per heavy atom. The number of nitro benzene ring substituents is 1. The molecule has 2 aromatic rings. The highest BCUT2D eigenvalue weighted by Gasteiger charge is 2.33. The van der Waals surface area contributed by atoms with Crippen LogP contribution in [0.3, 0.4) is 0 Å². The molecule has 1 atom stereocenters. The van der Waals surface area contributed by atoms with Crippen LogP contribution in [0.1, 0.15) is 12.8 Å². The zero-order chi connectivity index (χ0) is 21.3. The lowest BCUT2D eigenvalue weighted by atomic mass is 10.2. The van der Waals surface area contributed by atoms with Crippen molar-refractivity contribution in [3.63, 3.8) is 0 Å². The van der Waals surface area contributed by atoms with E-state index in [4.69, 9.17) is 0 Å². The van der Waals surface area contributed by atoms with Crippen LogP contribution in [-0.2, 0) is 16.6 Å². The topological polar surface area (TPSA) is 105 Å². The van der Waals surface area contributed by atoms with Crippen molar-refractivity contribution in [2.75, 3.05) is 44.7 Å². The quantitative estimate of drug-likeness (QED) is 0.500. The smallest absolute Gasteiger partial charge is 0.293 e. The number of rotatable bonds is 6. The van der Waals surface area contributed by atoms with Gasteiger partial charge in [-0.15, -0.1) is 0 Å². The number of hydrogen-bond donors (Lipinski definition) is 0. The number of nitrogens with zero attached hydrogens (tertiary/aromatic N) is 6. The molecule has 3 heterocycles. The molecule has 30 heavy (non-hydrogen) atoms. The Labute approximate surface area is 175 Å². The van der Waals surface area contributed by atoms with Crippen molar-refractivity contribution in [3.05, 3.63) is 47.0 Å². The van der Waals surface area contributed by atoms with Gasteiger partial charge in [0, 0.05) is 63.8 Å². The number of piperazine rings is 1. The Hall–Kier alpha value is -2.50. The molecule has 1 unspecified atom stereocenters. The summed E-state index contributed by atoms with van der Waals surface area (Å²) in [5.74, 6) is 0. The number of aromatic nitrogens is 2. The summed E-state index contributed by atoms with van der Waals surface area (Å²) >= 11 is 0. The molecule has 1 aromatic carbocycles. The summed E-state index contributed by atoms with van der Waals surface area (Å²) in [5.41, 5.74) is 0.308. The summed E-state index contributed by atoms with van der Waals surface area (Å²) in [6.07, 6.45) is 7.15. The van der Waals surface area contributed by atoms with Crippen molar-refractivity contribution < 1.29 is 13.3 Å². The first kappa shape index (κ1) is 20.8. The molecular weight excluding hydrogens is 408 g/mol. The molecule has 0 saturated carbocycles. The van der Waals surface area contributed by atoms with E-state index < -0.39 is 14.9 Å². The zero-order valence-corrected chi connectivity index (χ0v) is 17.7. The van der Waals surface area contributed by atoms with Crippen LogP contribution >= 0.6 is 0 Å². The van der Waals surface area contributed by atoms with Crippen LogP contribution in [0.5, 0.6) is 0 Å². The van der Waals surface area contributed by atoms with E-state index >= 15 is 0 Å². The minimum absolute atomic E-state index is 0.0205. The van der Waals surface area contributed by atoms with Gasteiger partial charge in [-0.25, -0.2) is 13.4 Å². The van der Waals surface area contributed by atoms with Gasteiger partial charge in [0.2, 0.25) is 10.0 Å². The molecular formula is C19H26N6O4S. The second-order valence-corrected chi connectivity index (χ2v) is 9.80. The van der Waals surface area contributed by atoms with Crippen LogP contribution in [0.25, 0.3) is 0 Å². The minimum atomic E-state index is -3.76. The SMILES string of the molecule is CN1CCN(S(=O)(=O)c2ccc(N3CCCC3Cn3ccnc3)c([N+](=O)[O-])c2)CC1. The van der Waals surface area contributed by atoms with Crippen molar-refractivity contribution in [2.24, 2.45) is 0 Å². The fraction of sp³-hybridized carbons (Fsp3) is 0.526. The van der Waals surface area contributed by atoms with E-state index in [1.165, 1.54) is 16.4 Å². The maximum absolute atomic E-state index is 13.0. The Kier molecular flexibility index (Phi) is 5.76. The molecule has 0 bridgehead atoms. The van der Waals surface area contributed by atoms with E-state index in [0.717, 1.165) is 12.8 Å². The van der Waals surface area contributed by atoms with Crippen LogP contribution in [0.15, 0.2) is 41.8 Å². The Morgan fingerprint density at radius 2 is 1.97 bits per heavy atom. The fourth-order valence-electron chi connectivity index (χ4n) is 4.21. The Bertz CT molecular complexity index is 1000. The molecule has 0 aliphatic carbocycles. The maximum atomic E-state index is 13.0. The molecule has 0 radical (unpaired) electrons. The van der Waals surface area contributed by atoms with Gasteiger partial charge in [0.1, 0.15) is 5.69 Å². The van der Waals surface area contributed by atoms with Crippen molar-refractivity contribution in [3.8, 4) is 0 Å². The first-order chi connectivity index (χ1) is 14.4. The van der Waals surface area contributed by atoms with Gasteiger partial charge in [0.05, 0.1) is 16.1 Å². The highest BCUT2D eigenvalue weighted by Crippen LogP contribution is 2.36. The summed E-state index contributed by atoms with van der Waals surface area (Å²) in [4.78, 5) is 19.5. The van der Waals surface area contributed by atoms with E-state index in [-0.39, 0.29) is 16.6 Å². The van der Waals surface area contributed by atoms with E-state index in [9.17, 15) is 18.5 Å². The number of sulfonamides is 1. The number of anilines is 1. The lowest BCUT2D eigenvalue weighted by Gasteiger charge is -2.31. The van der Waals surface area contributed by atoms with Crippen LogP contribution in [0.4, 0.5) is 11.4 Å². The van der Waals surface area contributed by atoms with Gasteiger partial charge >= 0.3 is 0 Å². The highest BCUT2D eigenvalue weighted by atomic mass is 32.2. The number of hydrogen-bond acceptors (Lipinski definition) is 7. The van der Waals surface area contributed by atoms with E-state index in [1.54, 1.807) is 18.6 Å². The summed E-state index contributed by atoms with van der Waals surface area (Å²) < 4.78 is 29.4. The molecule has 2 aliphatic heterocycles. The van der Waals surface area contributed by atoms with Crippen molar-refractivity contribution in [1.82, 2.24) is 18.8 Å². The van der Waals surface area contributed by atoms with Crippen LogP contribution in [-0.4, -0.2) is 77.9 Å². The van der Waals surface area contributed by atoms with Crippen LogP contribution < -0.4 is 4.90 Å². The molecule has 0 N–H and O–H groups in total. The second kappa shape index (κ2) is 8.32. The average Bonchev–Trinajstić information content (AvgIpc) is 3.40. The summed E-state index contributed by atoms with van der Waals surface area (Å²) in [7, 11) is -1.82. The summed E-state index contributed by atoms with van der Waals surface area (Å²) in [6.45, 7) is 3.43. The van der Waals surface area contributed by atoms with Crippen LogP contribution in [0.2, 0.25) is 0 Å². The maximum Gasteiger partial charge on any atom is 0.293 e. The third-order valence-electron chi connectivity index (χ3n) is 5.91. The molecule has 2 aliphatic rings. The molecule has 162 valence electrons. The zero-order valence-electron chi connectivity index (χ0n) is 16.9. The summed E-state index contributed by atoms with van der Waals surface area (Å²) in [6, 6.07) is 4.41. The average molecular weight is 435 g/mol. The lowest BCUT2D eigenvalue weighted by molar-refractivity contribution is -0.384. The predicted octanol–water partition coefficient (Wildman–Crippen LogP) is 1.40. The molecule has 2 fully saturated rings. The largest absolute Gasteiger partial charge is 0.361 e. The molecule has 2 saturated heterocycles. The van der Waals surface area contributed by atoms with Crippen molar-refractivity contribution in [1.29, 1.82) is 0 Å². The van der Waals surface area contributed by atoms with Gasteiger partial charge in [0.15, 0.2) is 0 Å². The second-order valence-electron chi connectivity index (χ2n) is 7.86. The normalized spacial score (nSPS) is 21.2. The first-order valence-corrected chi connectivity index (χ1v) is 11.5. The van der Waals surface area contributed by atoms with Gasteiger partial charge in [0.25, 0.3) is 5.69 Å². The number of likely N-dealkylation sites (N-methyl/N-ethyl adjacent to an activating group) is 1. The first-order valence-electron chi connectivity index (χ1n) is 10.1. The third-order valence-corrected chi connectivity index (χ3v) is 7.81. The fourth-order valence-corrected chi connectivity index (χ4v) is 5.65. The van der Waals surface area contributed by atoms with Crippen LogP contribution in [0, 0.1) is 10.1 Å². The third kappa shape index (κ3) is 4.05. The van der Waals surface area contributed by atoms with E-state index in [2.05, 4.69) is 9.88 Å². The molecule has 1 aromatic heterocycles. The predicted molar refractivity (Wildman–Crippen MR) is 112 cm³/mol. The molecule has 11 heteroatoms. The van der Waals surface area contributed by atoms with Crippen molar-refractivity contribution >= 4 is 21.4 Å². The van der Waals surface area contributed by atoms with E-state index in [0.29, 0.717) is 45.0 Å². The van der Waals surface area contributed by atoms with Gasteiger partial charge in [-0.2, -0.15) is 4.31 Å². The van der Waals surface area contributed by atoms with E-state index in [1.807, 2.05) is 22.7 Å². The highest BCUT2D eigenvalue weighted by molar-refractivity contribution is 7.89. The standard InChI is InChI=1S/C19H26N6O4S/c1-21-9-11-23(12-10-21)30(28,29)17-4-5-18(19(13-17)25(26)27)24-7-2-3-16(24)14-22-8-6-20-15-22/h4-6,8,13,15-16H,2-3,7,9-12,14H2,1H3. The monoisotopic (exact) mass is 434 g/mol. The van der Waals surface area contributed by atoms with Crippen molar-refractivity contribution in [2.45, 2.75) is 30.3 Å². The molecule has 4 rings (SSSR count). The van der Waals surface area contributed by atoms with Gasteiger partial charge in [-0.05, 0) is 32.0 Å². The molecule has 0 amide bonds. The lowest BCUT2D eigenvalue weighted by Crippen LogP contribution is -2.47. The Morgan fingerprint density at radius 1 is 1.20 bits per heavy atom. The number of imidazole rings is 1. The molecule has 10 nitrogen and oxygen atoms in total. The Balaban J connectivity index is 1.63. The molecule has 0 spiro atoms. The number of nitro groups is 1.